The van der Waals surface area contributed by atoms with Crippen LogP contribution in [-0.4, -0.2) is 18.1 Å². The zero-order valence-electron chi connectivity index (χ0n) is 13.2. The normalized spacial score (nSPS) is 11.5. The number of carbonyl (C=O) groups excluding carboxylic acids is 1. The molecule has 22 heavy (non-hydrogen) atoms. The first kappa shape index (κ1) is 18.2. The van der Waals surface area contributed by atoms with Gasteiger partial charge in [-0.05, 0) is 49.2 Å². The van der Waals surface area contributed by atoms with Crippen molar-refractivity contribution in [3.63, 3.8) is 0 Å². The fourth-order valence-corrected chi connectivity index (χ4v) is 2.18. The predicted molar refractivity (Wildman–Crippen MR) is 92.4 cm³/mol. The molecular weight excluding hydrogens is 298 g/mol. The highest BCUT2D eigenvalue weighted by Gasteiger charge is 2.11. The molecule has 0 bridgehead atoms. The molecule has 0 heterocycles. The van der Waals surface area contributed by atoms with Crippen LogP contribution in [0.2, 0.25) is 0 Å². The molecule has 1 amide bonds. The topological polar surface area (TPSA) is 76.4 Å². The molecule has 1 aromatic carbocycles. The van der Waals surface area contributed by atoms with E-state index in [1.807, 2.05) is 19.1 Å². The number of rotatable bonds is 8. The Bertz CT molecular complexity index is 477. The summed E-state index contributed by atoms with van der Waals surface area (Å²) in [6, 6.07) is 8.15. The van der Waals surface area contributed by atoms with E-state index in [1.165, 1.54) is 5.56 Å². The van der Waals surface area contributed by atoms with Gasteiger partial charge in [0.15, 0.2) is 5.11 Å². The molecule has 0 fully saturated rings. The number of ether oxygens (including phenoxy) is 1. The van der Waals surface area contributed by atoms with Gasteiger partial charge >= 0.3 is 0 Å². The first-order chi connectivity index (χ1) is 10.5. The van der Waals surface area contributed by atoms with Gasteiger partial charge in [0, 0.05) is 5.92 Å². The maximum Gasteiger partial charge on any atom is 0.241 e. The number of aryl methyl sites for hydroxylation is 1. The van der Waals surface area contributed by atoms with E-state index in [4.69, 9.17) is 10.5 Å². The molecule has 0 radical (unpaired) electrons. The number of methoxy groups -OCH3 is 1. The molecule has 0 spiro atoms. The highest BCUT2D eigenvalue weighted by molar-refractivity contribution is 7.80. The Morgan fingerprint density at radius 3 is 2.50 bits per heavy atom. The van der Waals surface area contributed by atoms with Crippen molar-refractivity contribution >= 4 is 23.2 Å². The Hall–Kier alpha value is -1.82. The molecule has 1 atom stereocenters. The molecule has 0 saturated heterocycles. The first-order valence-corrected chi connectivity index (χ1v) is 7.92. The molecule has 0 saturated carbocycles. The Labute approximate surface area is 137 Å². The summed E-state index contributed by atoms with van der Waals surface area (Å²) in [7, 11) is 1.67. The van der Waals surface area contributed by atoms with Crippen LogP contribution in [0.4, 0.5) is 0 Å². The highest BCUT2D eigenvalue weighted by Crippen LogP contribution is 2.15. The zero-order valence-corrected chi connectivity index (χ0v) is 14.0. The number of nitrogens with two attached hydrogens (primary N) is 1. The van der Waals surface area contributed by atoms with Gasteiger partial charge < -0.3 is 10.5 Å². The number of unbranched alkanes of at least 4 members (excludes halogenated alkanes) is 2. The van der Waals surface area contributed by atoms with Crippen LogP contribution < -0.4 is 21.3 Å². The minimum Gasteiger partial charge on any atom is -0.497 e. The summed E-state index contributed by atoms with van der Waals surface area (Å²) in [6.07, 6.45) is 5.15. The monoisotopic (exact) mass is 323 g/mol. The van der Waals surface area contributed by atoms with Gasteiger partial charge in [0.05, 0.1) is 7.11 Å². The fraction of sp³-hybridized carbons (Fsp3) is 0.500. The number of hydrogen-bond acceptors (Lipinski definition) is 3. The third kappa shape index (κ3) is 7.26. The number of nitrogens with one attached hydrogen (secondary N) is 2. The third-order valence-corrected chi connectivity index (χ3v) is 3.62. The van der Waals surface area contributed by atoms with Crippen molar-refractivity contribution in [3.05, 3.63) is 29.8 Å². The largest absolute Gasteiger partial charge is 0.497 e. The van der Waals surface area contributed by atoms with E-state index in [0.717, 1.165) is 37.9 Å². The number of hydrogen-bond donors (Lipinski definition) is 3. The van der Waals surface area contributed by atoms with E-state index in [0.29, 0.717) is 0 Å². The summed E-state index contributed by atoms with van der Waals surface area (Å²) < 4.78 is 5.14. The highest BCUT2D eigenvalue weighted by atomic mass is 32.1. The summed E-state index contributed by atoms with van der Waals surface area (Å²) in [4.78, 5) is 11.7. The van der Waals surface area contributed by atoms with E-state index < -0.39 is 0 Å². The lowest BCUT2D eigenvalue weighted by Crippen LogP contribution is -2.46. The predicted octanol–water partition coefficient (Wildman–Crippen LogP) is 2.30. The lowest BCUT2D eigenvalue weighted by Gasteiger charge is -2.12. The minimum atomic E-state index is -0.0806. The van der Waals surface area contributed by atoms with Gasteiger partial charge in [-0.2, -0.15) is 0 Å². The number of thiocarbonyl (C=S) groups is 1. The van der Waals surface area contributed by atoms with Crippen LogP contribution in [-0.2, 0) is 11.2 Å². The maximum atomic E-state index is 11.7. The van der Waals surface area contributed by atoms with Gasteiger partial charge in [0.25, 0.3) is 0 Å². The van der Waals surface area contributed by atoms with Crippen molar-refractivity contribution in [1.29, 1.82) is 0 Å². The van der Waals surface area contributed by atoms with E-state index in [-0.39, 0.29) is 16.9 Å². The second-order valence-electron chi connectivity index (χ2n) is 5.33. The van der Waals surface area contributed by atoms with Crippen molar-refractivity contribution in [1.82, 2.24) is 10.9 Å². The molecule has 1 rings (SSSR count). The van der Waals surface area contributed by atoms with Crippen molar-refractivity contribution < 1.29 is 9.53 Å². The fourth-order valence-electron chi connectivity index (χ4n) is 2.13. The van der Waals surface area contributed by atoms with Crippen molar-refractivity contribution in [2.75, 3.05) is 7.11 Å². The Kier molecular flexibility index (Phi) is 8.28. The Morgan fingerprint density at radius 1 is 1.23 bits per heavy atom. The van der Waals surface area contributed by atoms with Crippen molar-refractivity contribution in [3.8, 4) is 5.75 Å². The molecule has 0 aliphatic rings. The van der Waals surface area contributed by atoms with Gasteiger partial charge in [-0.15, -0.1) is 0 Å². The molecule has 0 aliphatic heterocycles. The summed E-state index contributed by atoms with van der Waals surface area (Å²) in [6.45, 7) is 1.90. The van der Waals surface area contributed by atoms with Crippen LogP contribution in [0.3, 0.4) is 0 Å². The van der Waals surface area contributed by atoms with Crippen LogP contribution in [0.1, 0.15) is 38.2 Å². The van der Waals surface area contributed by atoms with Crippen LogP contribution in [0.5, 0.6) is 5.75 Å². The van der Waals surface area contributed by atoms with E-state index in [9.17, 15) is 4.79 Å². The molecule has 5 nitrogen and oxygen atoms in total. The number of benzene rings is 1. The molecule has 1 unspecified atom stereocenters. The third-order valence-electron chi connectivity index (χ3n) is 3.52. The molecular formula is C16H25N3O2S. The Balaban J connectivity index is 2.13. The molecule has 4 N–H and O–H groups in total. The number of hydrazine groups is 1. The molecule has 6 heteroatoms. The van der Waals surface area contributed by atoms with Gasteiger partial charge in [-0.25, -0.2) is 0 Å². The molecule has 0 aliphatic carbocycles. The first-order valence-electron chi connectivity index (χ1n) is 7.51. The van der Waals surface area contributed by atoms with Gasteiger partial charge in [0.1, 0.15) is 5.75 Å². The molecule has 0 aromatic heterocycles. The van der Waals surface area contributed by atoms with Crippen LogP contribution in [0.25, 0.3) is 0 Å². The lowest BCUT2D eigenvalue weighted by atomic mass is 10.0. The zero-order chi connectivity index (χ0) is 16.4. The summed E-state index contributed by atoms with van der Waals surface area (Å²) in [5.41, 5.74) is 11.5. The SMILES string of the molecule is COc1ccc(CCCCCC(C)C(=O)NNC(N)=S)cc1. The average Bonchev–Trinajstić information content (AvgIpc) is 2.52. The maximum absolute atomic E-state index is 11.7. The van der Waals surface area contributed by atoms with E-state index in [1.54, 1.807) is 7.11 Å². The summed E-state index contributed by atoms with van der Waals surface area (Å²) >= 11 is 4.63. The standard InChI is InChI=1S/C16H25N3O2S/c1-12(15(20)18-19-16(17)22)6-4-3-5-7-13-8-10-14(21-2)11-9-13/h8-12H,3-7H2,1-2H3,(H,18,20)(H3,17,19,22). The van der Waals surface area contributed by atoms with Gasteiger partial charge in [-0.3, -0.25) is 15.6 Å². The summed E-state index contributed by atoms with van der Waals surface area (Å²) in [5.74, 6) is 0.750. The smallest absolute Gasteiger partial charge is 0.241 e. The minimum absolute atomic E-state index is 0.0529. The van der Waals surface area contributed by atoms with Gasteiger partial charge in [-0.1, -0.05) is 31.9 Å². The van der Waals surface area contributed by atoms with Crippen molar-refractivity contribution in [2.24, 2.45) is 11.7 Å². The molecule has 122 valence electrons. The van der Waals surface area contributed by atoms with Gasteiger partial charge in [0.2, 0.25) is 5.91 Å². The summed E-state index contributed by atoms with van der Waals surface area (Å²) in [5, 5.41) is 0.0695. The quantitative estimate of drug-likeness (QED) is 0.389. The molecule has 1 aromatic rings. The van der Waals surface area contributed by atoms with E-state index >= 15 is 0 Å². The Morgan fingerprint density at radius 2 is 1.91 bits per heavy atom. The van der Waals surface area contributed by atoms with Crippen LogP contribution in [0, 0.1) is 5.92 Å². The number of amides is 1. The average molecular weight is 323 g/mol. The van der Waals surface area contributed by atoms with E-state index in [2.05, 4.69) is 35.2 Å². The second kappa shape index (κ2) is 10.00. The van der Waals surface area contributed by atoms with Crippen LogP contribution >= 0.6 is 12.2 Å². The van der Waals surface area contributed by atoms with Crippen molar-refractivity contribution in [2.45, 2.75) is 39.0 Å². The van der Waals surface area contributed by atoms with Crippen LogP contribution in [0.15, 0.2) is 24.3 Å². The lowest BCUT2D eigenvalue weighted by molar-refractivity contribution is -0.125. The second-order valence-corrected chi connectivity index (χ2v) is 5.77. The number of carbonyl (C=O) groups is 1.